The number of aromatic nitrogens is 3. The molecule has 0 fully saturated rings. The van der Waals surface area contributed by atoms with Gasteiger partial charge in [0.15, 0.2) is 6.20 Å². The highest BCUT2D eigenvalue weighted by atomic mass is 15.0. The normalized spacial score (nSPS) is 11.3. The van der Waals surface area contributed by atoms with Crippen molar-refractivity contribution in [3.05, 3.63) is 71.9 Å². The highest BCUT2D eigenvalue weighted by Crippen LogP contribution is 2.29. The number of hydrogen-bond donors (Lipinski definition) is 0. The van der Waals surface area contributed by atoms with Crippen molar-refractivity contribution in [1.82, 2.24) is 4.57 Å². The van der Waals surface area contributed by atoms with E-state index in [0.29, 0.717) is 0 Å². The van der Waals surface area contributed by atoms with Crippen LogP contribution < -0.4 is 9.13 Å². The standard InChI is InChI=1S/C23H25N3/c1-16-14-17(2)23(21-15-18-10-6-7-11-19(18)25(21)4)26(5)22(16)20-12-8-9-13-24(20)3/h6-15H,1-5H3/q+2. The van der Waals surface area contributed by atoms with Crippen LogP contribution in [0.25, 0.3) is 33.7 Å². The molecular weight excluding hydrogens is 318 g/mol. The van der Waals surface area contributed by atoms with E-state index in [2.05, 4.69) is 109 Å². The Labute approximate surface area is 154 Å². The molecule has 0 aliphatic rings. The minimum Gasteiger partial charge on any atom is -0.339 e. The average Bonchev–Trinajstić information content (AvgIpc) is 2.93. The van der Waals surface area contributed by atoms with E-state index in [9.17, 15) is 0 Å². The summed E-state index contributed by atoms with van der Waals surface area (Å²) >= 11 is 0. The summed E-state index contributed by atoms with van der Waals surface area (Å²) in [5, 5.41) is 1.27. The van der Waals surface area contributed by atoms with Crippen molar-refractivity contribution in [1.29, 1.82) is 0 Å². The monoisotopic (exact) mass is 343 g/mol. The molecule has 0 aliphatic heterocycles. The Kier molecular flexibility index (Phi) is 3.87. The second-order valence-electron chi connectivity index (χ2n) is 7.11. The van der Waals surface area contributed by atoms with E-state index in [0.717, 1.165) is 0 Å². The highest BCUT2D eigenvalue weighted by molar-refractivity contribution is 5.86. The summed E-state index contributed by atoms with van der Waals surface area (Å²) < 4.78 is 6.82. The Morgan fingerprint density at radius 2 is 1.50 bits per heavy atom. The van der Waals surface area contributed by atoms with Crippen molar-refractivity contribution in [2.24, 2.45) is 21.1 Å². The molecule has 1 aromatic carbocycles. The number of nitrogens with zero attached hydrogens (tertiary/aromatic N) is 3. The summed E-state index contributed by atoms with van der Waals surface area (Å²) in [4.78, 5) is 0. The predicted octanol–water partition coefficient (Wildman–Crippen LogP) is 3.78. The lowest BCUT2D eigenvalue weighted by Crippen LogP contribution is -2.41. The molecule has 0 spiro atoms. The molecule has 3 aromatic heterocycles. The first-order valence-corrected chi connectivity index (χ1v) is 8.99. The number of rotatable bonds is 2. The molecule has 3 heterocycles. The molecule has 3 heteroatoms. The molecule has 0 saturated carbocycles. The van der Waals surface area contributed by atoms with Crippen molar-refractivity contribution >= 4 is 10.9 Å². The van der Waals surface area contributed by atoms with Crippen LogP contribution in [0, 0.1) is 13.8 Å². The fourth-order valence-corrected chi connectivity index (χ4v) is 4.14. The maximum Gasteiger partial charge on any atom is 0.280 e. The summed E-state index contributed by atoms with van der Waals surface area (Å²) in [5.74, 6) is 0. The molecule has 4 aromatic rings. The first kappa shape index (κ1) is 16.5. The second kappa shape index (κ2) is 6.10. The molecule has 0 atom stereocenters. The lowest BCUT2D eigenvalue weighted by Gasteiger charge is -2.11. The van der Waals surface area contributed by atoms with Crippen molar-refractivity contribution in [2.75, 3.05) is 0 Å². The van der Waals surface area contributed by atoms with Crippen LogP contribution >= 0.6 is 0 Å². The van der Waals surface area contributed by atoms with Crippen molar-refractivity contribution < 1.29 is 9.13 Å². The summed E-state index contributed by atoms with van der Waals surface area (Å²) in [7, 11) is 6.43. The first-order chi connectivity index (χ1) is 12.5. The Hall–Kier alpha value is -2.94. The average molecular weight is 343 g/mol. The van der Waals surface area contributed by atoms with E-state index in [1.165, 1.54) is 44.8 Å². The number of aryl methyl sites for hydroxylation is 4. The van der Waals surface area contributed by atoms with Gasteiger partial charge in [0.1, 0.15) is 19.8 Å². The maximum atomic E-state index is 2.34. The molecular formula is C23H25N3+2. The highest BCUT2D eigenvalue weighted by Gasteiger charge is 2.28. The molecule has 0 radical (unpaired) electrons. The van der Waals surface area contributed by atoms with E-state index < -0.39 is 0 Å². The molecule has 0 aliphatic carbocycles. The Morgan fingerprint density at radius 1 is 0.808 bits per heavy atom. The van der Waals surface area contributed by atoms with Crippen LogP contribution in [0.1, 0.15) is 11.1 Å². The third-order valence-electron chi connectivity index (χ3n) is 5.34. The van der Waals surface area contributed by atoms with Crippen LogP contribution in [0.2, 0.25) is 0 Å². The van der Waals surface area contributed by atoms with Gasteiger partial charge in [-0.15, -0.1) is 0 Å². The fraction of sp³-hybridized carbons (Fsp3) is 0.217. The topological polar surface area (TPSA) is 12.7 Å². The molecule has 0 bridgehead atoms. The van der Waals surface area contributed by atoms with Crippen LogP contribution in [0.5, 0.6) is 0 Å². The number of fused-ring (bicyclic) bond motifs is 1. The van der Waals surface area contributed by atoms with Gasteiger partial charge in [-0.1, -0.05) is 18.2 Å². The molecule has 26 heavy (non-hydrogen) atoms. The Bertz CT molecular complexity index is 1140. The SMILES string of the molecule is Cc1cc(C)c(-c2cccc[n+]2C)[n+](C)c1-c1cc2ccccc2n1C. The van der Waals surface area contributed by atoms with Gasteiger partial charge in [0.2, 0.25) is 5.69 Å². The predicted molar refractivity (Wildman–Crippen MR) is 106 cm³/mol. The van der Waals surface area contributed by atoms with Gasteiger partial charge in [-0.05, 0) is 38.1 Å². The smallest absolute Gasteiger partial charge is 0.280 e. The van der Waals surface area contributed by atoms with Gasteiger partial charge in [0.05, 0.1) is 0 Å². The van der Waals surface area contributed by atoms with E-state index in [1.54, 1.807) is 0 Å². The third kappa shape index (κ3) is 2.43. The third-order valence-corrected chi connectivity index (χ3v) is 5.34. The van der Waals surface area contributed by atoms with Crippen LogP contribution in [0.4, 0.5) is 0 Å². The summed E-state index contributed by atoms with van der Waals surface area (Å²) in [5.41, 5.74) is 8.80. The molecule has 0 N–H and O–H groups in total. The largest absolute Gasteiger partial charge is 0.339 e. The van der Waals surface area contributed by atoms with Crippen LogP contribution in [0.15, 0.2) is 60.8 Å². The van der Waals surface area contributed by atoms with Crippen LogP contribution in [0.3, 0.4) is 0 Å². The zero-order valence-electron chi connectivity index (χ0n) is 16.1. The molecule has 130 valence electrons. The van der Waals surface area contributed by atoms with Gasteiger partial charge < -0.3 is 4.57 Å². The molecule has 0 amide bonds. The van der Waals surface area contributed by atoms with Gasteiger partial charge in [-0.3, -0.25) is 0 Å². The number of benzene rings is 1. The van der Waals surface area contributed by atoms with Gasteiger partial charge in [0.25, 0.3) is 11.4 Å². The van der Waals surface area contributed by atoms with E-state index >= 15 is 0 Å². The first-order valence-electron chi connectivity index (χ1n) is 8.99. The Balaban J connectivity index is 2.05. The molecule has 3 nitrogen and oxygen atoms in total. The zero-order chi connectivity index (χ0) is 18.4. The lowest BCUT2D eigenvalue weighted by atomic mass is 10.0. The van der Waals surface area contributed by atoms with E-state index in [1.807, 2.05) is 0 Å². The van der Waals surface area contributed by atoms with Crippen LogP contribution in [-0.2, 0) is 21.1 Å². The molecule has 4 rings (SSSR count). The lowest BCUT2D eigenvalue weighted by molar-refractivity contribution is -0.685. The second-order valence-corrected chi connectivity index (χ2v) is 7.11. The summed E-state index contributed by atoms with van der Waals surface area (Å²) in [6.07, 6.45) is 2.10. The van der Waals surface area contributed by atoms with E-state index in [-0.39, 0.29) is 0 Å². The van der Waals surface area contributed by atoms with Gasteiger partial charge in [0, 0.05) is 41.2 Å². The van der Waals surface area contributed by atoms with E-state index in [4.69, 9.17) is 0 Å². The van der Waals surface area contributed by atoms with Crippen LogP contribution in [-0.4, -0.2) is 4.57 Å². The van der Waals surface area contributed by atoms with Crippen molar-refractivity contribution in [3.63, 3.8) is 0 Å². The number of pyridine rings is 2. The van der Waals surface area contributed by atoms with Crippen molar-refractivity contribution in [3.8, 4) is 22.8 Å². The minimum absolute atomic E-state index is 1.22. The molecule has 0 saturated heterocycles. The summed E-state index contributed by atoms with van der Waals surface area (Å²) in [6, 6.07) is 19.5. The van der Waals surface area contributed by atoms with Gasteiger partial charge >= 0.3 is 0 Å². The maximum absolute atomic E-state index is 2.34. The zero-order valence-corrected chi connectivity index (χ0v) is 16.1. The van der Waals surface area contributed by atoms with Gasteiger partial charge in [-0.25, -0.2) is 0 Å². The summed E-state index contributed by atoms with van der Waals surface area (Å²) in [6.45, 7) is 4.40. The quantitative estimate of drug-likeness (QED) is 0.491. The minimum atomic E-state index is 1.22. The molecule has 0 unspecified atom stereocenters. The van der Waals surface area contributed by atoms with Crippen molar-refractivity contribution in [2.45, 2.75) is 13.8 Å². The number of hydrogen-bond acceptors (Lipinski definition) is 0. The Morgan fingerprint density at radius 3 is 2.23 bits per heavy atom. The number of para-hydroxylation sites is 1. The van der Waals surface area contributed by atoms with Gasteiger partial charge in [-0.2, -0.15) is 9.13 Å². The fourth-order valence-electron chi connectivity index (χ4n) is 4.14.